The Bertz CT molecular complexity index is 566. The molecule has 0 radical (unpaired) electrons. The molecule has 0 saturated heterocycles. The second-order valence-electron chi connectivity index (χ2n) is 4.17. The number of hydrogen-bond donors (Lipinski definition) is 1. The van der Waals surface area contributed by atoms with Crippen molar-refractivity contribution in [2.45, 2.75) is 19.8 Å². The zero-order valence-corrected chi connectivity index (χ0v) is 9.98. The first-order valence-corrected chi connectivity index (χ1v) is 5.38. The van der Waals surface area contributed by atoms with E-state index in [2.05, 4.69) is 0 Å². The standard InChI is InChI=1S/C13H14O4/c1-7(2)11-9-6-8(16-3)4-5-10(9)17-12(11)13(14)15/h4-7H,1-3H3,(H,14,15). The summed E-state index contributed by atoms with van der Waals surface area (Å²) in [6.45, 7) is 3.88. The van der Waals surface area contributed by atoms with Gasteiger partial charge < -0.3 is 14.3 Å². The normalized spacial score (nSPS) is 11.1. The molecule has 1 aromatic heterocycles. The van der Waals surface area contributed by atoms with Gasteiger partial charge >= 0.3 is 5.97 Å². The Kier molecular flexibility index (Phi) is 2.79. The van der Waals surface area contributed by atoms with Crippen molar-refractivity contribution in [2.75, 3.05) is 7.11 Å². The van der Waals surface area contributed by atoms with Gasteiger partial charge in [0.2, 0.25) is 5.76 Å². The summed E-state index contributed by atoms with van der Waals surface area (Å²) < 4.78 is 10.5. The van der Waals surface area contributed by atoms with Gasteiger partial charge in [-0.3, -0.25) is 0 Å². The van der Waals surface area contributed by atoms with Crippen LogP contribution in [0.25, 0.3) is 11.0 Å². The minimum atomic E-state index is -1.04. The number of benzene rings is 1. The van der Waals surface area contributed by atoms with Crippen molar-refractivity contribution < 1.29 is 19.1 Å². The number of carbonyl (C=O) groups is 1. The zero-order valence-electron chi connectivity index (χ0n) is 9.98. The molecule has 2 rings (SSSR count). The molecule has 90 valence electrons. The highest BCUT2D eigenvalue weighted by Crippen LogP contribution is 2.34. The third kappa shape index (κ3) is 1.86. The summed E-state index contributed by atoms with van der Waals surface area (Å²) >= 11 is 0. The number of ether oxygens (including phenoxy) is 1. The van der Waals surface area contributed by atoms with Gasteiger partial charge in [-0.05, 0) is 24.1 Å². The quantitative estimate of drug-likeness (QED) is 0.885. The Labute approximate surface area is 98.8 Å². The van der Waals surface area contributed by atoms with Gasteiger partial charge in [-0.15, -0.1) is 0 Å². The van der Waals surface area contributed by atoms with Gasteiger partial charge in [0.1, 0.15) is 11.3 Å². The number of carboxylic acid groups (broad SMARTS) is 1. The average molecular weight is 234 g/mol. The maximum atomic E-state index is 11.1. The number of methoxy groups -OCH3 is 1. The molecule has 0 unspecified atom stereocenters. The predicted molar refractivity (Wildman–Crippen MR) is 63.8 cm³/mol. The van der Waals surface area contributed by atoms with Gasteiger partial charge in [-0.1, -0.05) is 13.8 Å². The van der Waals surface area contributed by atoms with Crippen LogP contribution < -0.4 is 4.74 Å². The van der Waals surface area contributed by atoms with Gasteiger partial charge in [0.25, 0.3) is 0 Å². The molecule has 0 amide bonds. The van der Waals surface area contributed by atoms with Gasteiger partial charge in [-0.25, -0.2) is 4.79 Å². The fourth-order valence-electron chi connectivity index (χ4n) is 1.95. The van der Waals surface area contributed by atoms with E-state index in [-0.39, 0.29) is 11.7 Å². The molecular weight excluding hydrogens is 220 g/mol. The van der Waals surface area contributed by atoms with E-state index < -0.39 is 5.97 Å². The molecule has 0 aliphatic rings. The smallest absolute Gasteiger partial charge is 0.372 e. The fraction of sp³-hybridized carbons (Fsp3) is 0.308. The van der Waals surface area contributed by atoms with Crippen LogP contribution in [0.5, 0.6) is 5.75 Å². The summed E-state index contributed by atoms with van der Waals surface area (Å²) in [7, 11) is 1.58. The molecule has 0 bridgehead atoms. The Morgan fingerprint density at radius 2 is 2.12 bits per heavy atom. The molecule has 1 N–H and O–H groups in total. The van der Waals surface area contributed by atoms with Crippen LogP contribution >= 0.6 is 0 Å². The summed E-state index contributed by atoms with van der Waals surface area (Å²) in [6.07, 6.45) is 0. The Balaban J connectivity index is 2.77. The van der Waals surface area contributed by atoms with Crippen LogP contribution in [-0.2, 0) is 0 Å². The third-order valence-electron chi connectivity index (χ3n) is 2.71. The van der Waals surface area contributed by atoms with E-state index in [0.29, 0.717) is 16.9 Å². The van der Waals surface area contributed by atoms with Crippen molar-refractivity contribution in [3.05, 3.63) is 29.5 Å². The Morgan fingerprint density at radius 3 is 2.65 bits per heavy atom. The van der Waals surface area contributed by atoms with Crippen LogP contribution in [0.3, 0.4) is 0 Å². The monoisotopic (exact) mass is 234 g/mol. The van der Waals surface area contributed by atoms with E-state index in [9.17, 15) is 4.79 Å². The summed E-state index contributed by atoms with van der Waals surface area (Å²) in [5.41, 5.74) is 1.29. The minimum Gasteiger partial charge on any atom is -0.497 e. The summed E-state index contributed by atoms with van der Waals surface area (Å²) in [5, 5.41) is 9.92. The fourth-order valence-corrected chi connectivity index (χ4v) is 1.95. The lowest BCUT2D eigenvalue weighted by molar-refractivity contribution is 0.0663. The van der Waals surface area contributed by atoms with Crippen molar-refractivity contribution in [3.8, 4) is 5.75 Å². The molecule has 1 aromatic carbocycles. The van der Waals surface area contributed by atoms with Gasteiger partial charge in [0, 0.05) is 10.9 Å². The molecule has 0 aliphatic carbocycles. The third-order valence-corrected chi connectivity index (χ3v) is 2.71. The first kappa shape index (κ1) is 11.5. The van der Waals surface area contributed by atoms with E-state index in [4.69, 9.17) is 14.3 Å². The molecule has 17 heavy (non-hydrogen) atoms. The summed E-state index contributed by atoms with van der Waals surface area (Å²) in [6, 6.07) is 5.29. The Hall–Kier alpha value is -1.97. The number of fused-ring (bicyclic) bond motifs is 1. The van der Waals surface area contributed by atoms with Gasteiger partial charge in [-0.2, -0.15) is 0 Å². The lowest BCUT2D eigenvalue weighted by Gasteiger charge is -2.04. The zero-order chi connectivity index (χ0) is 12.6. The van der Waals surface area contributed by atoms with E-state index in [1.165, 1.54) is 0 Å². The van der Waals surface area contributed by atoms with E-state index in [1.807, 2.05) is 13.8 Å². The number of hydrogen-bond acceptors (Lipinski definition) is 3. The van der Waals surface area contributed by atoms with E-state index >= 15 is 0 Å². The van der Waals surface area contributed by atoms with E-state index in [0.717, 1.165) is 5.39 Å². The van der Waals surface area contributed by atoms with Crippen molar-refractivity contribution in [3.63, 3.8) is 0 Å². The van der Waals surface area contributed by atoms with Crippen LogP contribution in [0.1, 0.15) is 35.9 Å². The van der Waals surface area contributed by atoms with Crippen LogP contribution in [-0.4, -0.2) is 18.2 Å². The molecule has 0 saturated carbocycles. The highest BCUT2D eigenvalue weighted by molar-refractivity contribution is 5.96. The second-order valence-corrected chi connectivity index (χ2v) is 4.17. The first-order valence-electron chi connectivity index (χ1n) is 5.38. The summed E-state index contributed by atoms with van der Waals surface area (Å²) in [5.74, 6) is -0.251. The molecule has 1 heterocycles. The van der Waals surface area contributed by atoms with E-state index in [1.54, 1.807) is 25.3 Å². The number of aromatic carboxylic acids is 1. The van der Waals surface area contributed by atoms with Crippen molar-refractivity contribution in [1.82, 2.24) is 0 Å². The number of carboxylic acids is 1. The molecule has 0 aliphatic heterocycles. The maximum absolute atomic E-state index is 11.1. The molecule has 4 nitrogen and oxygen atoms in total. The first-order chi connectivity index (χ1) is 8.04. The average Bonchev–Trinajstić information content (AvgIpc) is 2.66. The second kappa shape index (κ2) is 4.13. The predicted octanol–water partition coefficient (Wildman–Crippen LogP) is 3.26. The van der Waals surface area contributed by atoms with Crippen molar-refractivity contribution in [2.24, 2.45) is 0 Å². The van der Waals surface area contributed by atoms with Crippen LogP contribution in [0.4, 0.5) is 0 Å². The van der Waals surface area contributed by atoms with Crippen molar-refractivity contribution in [1.29, 1.82) is 0 Å². The van der Waals surface area contributed by atoms with Gasteiger partial charge in [0.05, 0.1) is 7.11 Å². The molecule has 0 spiro atoms. The Morgan fingerprint density at radius 1 is 1.41 bits per heavy atom. The van der Waals surface area contributed by atoms with Crippen LogP contribution in [0.2, 0.25) is 0 Å². The molecule has 0 fully saturated rings. The largest absolute Gasteiger partial charge is 0.497 e. The van der Waals surface area contributed by atoms with Crippen LogP contribution in [0.15, 0.2) is 22.6 Å². The lowest BCUT2D eigenvalue weighted by Crippen LogP contribution is -2.00. The molecule has 4 heteroatoms. The highest BCUT2D eigenvalue weighted by atomic mass is 16.5. The topological polar surface area (TPSA) is 59.7 Å². The minimum absolute atomic E-state index is 0.0169. The lowest BCUT2D eigenvalue weighted by atomic mass is 9.99. The molecule has 2 aromatic rings. The molecule has 0 atom stereocenters. The SMILES string of the molecule is COc1ccc2oc(C(=O)O)c(C(C)C)c2c1. The number of rotatable bonds is 3. The summed E-state index contributed by atoms with van der Waals surface area (Å²) in [4.78, 5) is 11.1. The molecular formula is C13H14O4. The van der Waals surface area contributed by atoms with Gasteiger partial charge in [0.15, 0.2) is 0 Å². The number of furan rings is 1. The maximum Gasteiger partial charge on any atom is 0.372 e. The van der Waals surface area contributed by atoms with Crippen molar-refractivity contribution >= 4 is 16.9 Å². The van der Waals surface area contributed by atoms with Crippen LogP contribution in [0, 0.1) is 0 Å². The highest BCUT2D eigenvalue weighted by Gasteiger charge is 2.22.